The van der Waals surface area contributed by atoms with Gasteiger partial charge in [0.25, 0.3) is 0 Å². The van der Waals surface area contributed by atoms with E-state index in [1.807, 2.05) is 0 Å². The third kappa shape index (κ3) is 5.01. The van der Waals surface area contributed by atoms with Crippen LogP contribution in [0.15, 0.2) is 23.3 Å². The molecule has 0 unspecified atom stereocenters. The lowest BCUT2D eigenvalue weighted by atomic mass is 11.0. The first kappa shape index (κ1) is 7.01. The lowest BCUT2D eigenvalue weighted by Gasteiger charge is -1.47. The molecule has 0 aromatic carbocycles. The number of thiocarbonyl (C=S) groups is 1. The van der Waals surface area contributed by atoms with Crippen molar-refractivity contribution in [1.29, 1.82) is 5.41 Å². The van der Waals surface area contributed by atoms with E-state index in [1.165, 1.54) is 12.7 Å². The highest BCUT2D eigenvalue weighted by Gasteiger charge is 1.59. The molecule has 1 aromatic heterocycles. The minimum Gasteiger partial charge on any atom is -0.452 e. The predicted molar refractivity (Wildman–Crippen MR) is 31.8 cm³/mol. The number of nitrogens with one attached hydrogen (secondary N) is 1. The maximum absolute atomic E-state index is 5.77. The van der Waals surface area contributed by atoms with E-state index in [2.05, 4.69) is 21.6 Å². The number of oxazole rings is 1. The van der Waals surface area contributed by atoms with Crippen LogP contribution in [-0.4, -0.2) is 10.1 Å². The number of isothiocyanates is 1. The molecule has 3 nitrogen and oxygen atoms in total. The molecule has 0 saturated carbocycles. The zero-order valence-electron chi connectivity index (χ0n) is 4.00. The second-order valence-corrected chi connectivity index (χ2v) is 0.982. The van der Waals surface area contributed by atoms with Gasteiger partial charge in [-0.15, -0.1) is 0 Å². The number of hydrogen-bond donors (Lipinski definition) is 1. The van der Waals surface area contributed by atoms with Crippen molar-refractivity contribution in [2.24, 2.45) is 0 Å². The predicted octanol–water partition coefficient (Wildman–Crippen LogP) is 1.34. The van der Waals surface area contributed by atoms with Crippen LogP contribution in [0.5, 0.6) is 0 Å². The molecule has 0 bridgehead atoms. The smallest absolute Gasteiger partial charge is 0.180 e. The summed E-state index contributed by atoms with van der Waals surface area (Å²) >= 11 is 3.81. The van der Waals surface area contributed by atoms with Crippen LogP contribution in [0.2, 0.25) is 0 Å². The third-order valence-corrected chi connectivity index (χ3v) is 0.347. The van der Waals surface area contributed by atoms with Gasteiger partial charge in [0, 0.05) is 0 Å². The van der Waals surface area contributed by atoms with Gasteiger partial charge in [0.15, 0.2) is 6.39 Å². The molecule has 0 radical (unpaired) electrons. The highest BCUT2D eigenvalue weighted by Crippen LogP contribution is 1.72. The molecule has 0 fully saturated rings. The third-order valence-electron chi connectivity index (χ3n) is 0.347. The molecule has 8 heavy (non-hydrogen) atoms. The van der Waals surface area contributed by atoms with Crippen molar-refractivity contribution in [3.63, 3.8) is 0 Å². The molecule has 0 aliphatic carbocycles. The molecule has 42 valence electrons. The first-order valence-corrected chi connectivity index (χ1v) is 2.18. The van der Waals surface area contributed by atoms with Crippen LogP contribution in [0.25, 0.3) is 0 Å². The Morgan fingerprint density at radius 3 is 2.50 bits per heavy atom. The fraction of sp³-hybridized carbons (Fsp3) is 0. The zero-order valence-corrected chi connectivity index (χ0v) is 4.81. The van der Waals surface area contributed by atoms with Gasteiger partial charge >= 0.3 is 0 Å². The van der Waals surface area contributed by atoms with Gasteiger partial charge < -0.3 is 4.42 Å². The van der Waals surface area contributed by atoms with Crippen molar-refractivity contribution in [3.8, 4) is 0 Å². The van der Waals surface area contributed by atoms with Crippen LogP contribution in [0.4, 0.5) is 0 Å². The molecule has 1 N–H and O–H groups in total. The van der Waals surface area contributed by atoms with Crippen molar-refractivity contribution in [1.82, 2.24) is 4.98 Å². The monoisotopic (exact) mass is 128 g/mol. The van der Waals surface area contributed by atoms with Crippen molar-refractivity contribution in [2.45, 2.75) is 0 Å². The Morgan fingerprint density at radius 1 is 1.75 bits per heavy atom. The normalized spacial score (nSPS) is 6.00. The highest BCUT2D eigenvalue weighted by atomic mass is 32.1. The Kier molecular flexibility index (Phi) is 5.27. The maximum atomic E-state index is 5.77. The second kappa shape index (κ2) is 6.01. The second-order valence-electron chi connectivity index (χ2n) is 0.778. The number of aromatic nitrogens is 1. The van der Waals surface area contributed by atoms with Gasteiger partial charge in [-0.3, -0.25) is 0 Å². The largest absolute Gasteiger partial charge is 0.452 e. The molecule has 4 heteroatoms. The molecular weight excluding hydrogens is 124 g/mol. The Balaban J connectivity index is 0.000000145. The zero-order chi connectivity index (χ0) is 6.24. The molecule has 1 aromatic rings. The van der Waals surface area contributed by atoms with Gasteiger partial charge in [0.1, 0.15) is 6.26 Å². The van der Waals surface area contributed by atoms with Gasteiger partial charge in [-0.1, -0.05) is 0 Å². The van der Waals surface area contributed by atoms with Gasteiger partial charge in [-0.05, 0) is 12.2 Å². The van der Waals surface area contributed by atoms with E-state index >= 15 is 0 Å². The summed E-state index contributed by atoms with van der Waals surface area (Å²) in [6, 6.07) is 0. The first-order chi connectivity index (χ1) is 3.91. The molecule has 0 saturated heterocycles. The van der Waals surface area contributed by atoms with Gasteiger partial charge in [0.05, 0.1) is 11.4 Å². The standard InChI is InChI=1S/C3H3NO.CHNS/c1-2-5-3-4-1;2-1-3/h1-3H;2H. The Labute approximate surface area is 51.9 Å². The molecular formula is C4H4N2OS. The maximum Gasteiger partial charge on any atom is 0.180 e. The average Bonchev–Trinajstić information content (AvgIpc) is 2.17. The van der Waals surface area contributed by atoms with Crippen molar-refractivity contribution in [3.05, 3.63) is 18.9 Å². The minimum atomic E-state index is 1.38. The van der Waals surface area contributed by atoms with E-state index in [4.69, 9.17) is 5.41 Å². The summed E-state index contributed by atoms with van der Waals surface area (Å²) in [5, 5.41) is 7.36. The summed E-state index contributed by atoms with van der Waals surface area (Å²) in [5.41, 5.74) is 0. The number of hydrogen-bond acceptors (Lipinski definition) is 4. The quantitative estimate of drug-likeness (QED) is 0.423. The van der Waals surface area contributed by atoms with Crippen LogP contribution in [0.1, 0.15) is 0 Å². The Bertz CT molecular complexity index is 126. The number of nitrogens with zero attached hydrogens (tertiary/aromatic N) is 1. The average molecular weight is 128 g/mol. The van der Waals surface area contributed by atoms with Crippen LogP contribution in [-0.2, 0) is 0 Å². The van der Waals surface area contributed by atoms with E-state index in [1.54, 1.807) is 11.4 Å². The molecule has 0 aliphatic rings. The molecule has 1 heterocycles. The van der Waals surface area contributed by atoms with Gasteiger partial charge in [-0.25, -0.2) is 10.4 Å². The fourth-order valence-corrected chi connectivity index (χ4v) is 0.176. The summed E-state index contributed by atoms with van der Waals surface area (Å²) in [5.74, 6) is 0. The highest BCUT2D eigenvalue weighted by molar-refractivity contribution is 7.78. The molecule has 0 amide bonds. The molecule has 0 aliphatic heterocycles. The summed E-state index contributed by atoms with van der Waals surface area (Å²) in [4.78, 5) is 3.56. The van der Waals surface area contributed by atoms with Crippen molar-refractivity contribution >= 4 is 17.4 Å². The van der Waals surface area contributed by atoms with E-state index in [9.17, 15) is 0 Å². The molecule has 0 atom stereocenters. The summed E-state index contributed by atoms with van der Waals surface area (Å²) < 4.78 is 4.47. The Hall–Kier alpha value is -0.990. The lowest BCUT2D eigenvalue weighted by Crippen LogP contribution is -1.38. The topological polar surface area (TPSA) is 49.9 Å². The molecule has 1 rings (SSSR count). The van der Waals surface area contributed by atoms with Crippen LogP contribution in [0, 0.1) is 5.41 Å². The van der Waals surface area contributed by atoms with Crippen LogP contribution >= 0.6 is 12.2 Å². The van der Waals surface area contributed by atoms with E-state index in [0.717, 1.165) is 0 Å². The SMILES string of the molecule is N=C=S.c1cocn1. The van der Waals surface area contributed by atoms with Crippen molar-refractivity contribution < 1.29 is 4.42 Å². The first-order valence-electron chi connectivity index (χ1n) is 1.78. The lowest BCUT2D eigenvalue weighted by molar-refractivity contribution is 0.558. The van der Waals surface area contributed by atoms with E-state index < -0.39 is 0 Å². The van der Waals surface area contributed by atoms with Crippen LogP contribution in [0.3, 0.4) is 0 Å². The van der Waals surface area contributed by atoms with Gasteiger partial charge in [-0.2, -0.15) is 0 Å². The Morgan fingerprint density at radius 2 is 2.38 bits per heavy atom. The van der Waals surface area contributed by atoms with Gasteiger partial charge in [0.2, 0.25) is 0 Å². The summed E-state index contributed by atoms with van der Waals surface area (Å²) in [7, 11) is 0. The fourth-order valence-electron chi connectivity index (χ4n) is 0.176. The summed E-state index contributed by atoms with van der Waals surface area (Å²) in [6.45, 7) is 0. The van der Waals surface area contributed by atoms with Crippen LogP contribution < -0.4 is 0 Å². The molecule has 0 spiro atoms. The number of rotatable bonds is 0. The van der Waals surface area contributed by atoms with Crippen molar-refractivity contribution in [2.75, 3.05) is 0 Å². The summed E-state index contributed by atoms with van der Waals surface area (Å²) in [6.07, 6.45) is 4.47. The van der Waals surface area contributed by atoms with E-state index in [0.29, 0.717) is 0 Å². The van der Waals surface area contributed by atoms with E-state index in [-0.39, 0.29) is 0 Å². The minimum absolute atomic E-state index is 1.38.